The Morgan fingerprint density at radius 1 is 1.14 bits per heavy atom. The fraction of sp³-hybridized carbons (Fsp3) is 0.400. The lowest BCUT2D eigenvalue weighted by Gasteiger charge is -2.24. The van der Waals surface area contributed by atoms with Crippen molar-refractivity contribution in [2.45, 2.75) is 19.3 Å². The largest absolute Gasteiger partial charge is 0.494 e. The van der Waals surface area contributed by atoms with Crippen LogP contribution in [0.1, 0.15) is 19.5 Å². The molecule has 9 nitrogen and oxygen atoms in total. The Labute approximate surface area is 215 Å². The predicted octanol–water partition coefficient (Wildman–Crippen LogP) is 4.40. The number of fused-ring (bicyclic) bond motifs is 1. The molecule has 3 N–H and O–H groups in total. The van der Waals surface area contributed by atoms with Gasteiger partial charge in [-0.25, -0.2) is 9.97 Å². The summed E-state index contributed by atoms with van der Waals surface area (Å²) < 4.78 is 6.50. The van der Waals surface area contributed by atoms with E-state index >= 15 is 0 Å². The number of likely N-dealkylation sites (N-methyl/N-ethyl adjacent to an activating group) is 2. The van der Waals surface area contributed by atoms with Gasteiger partial charge in [0.25, 0.3) is 0 Å². The highest BCUT2D eigenvalue weighted by atomic mass is 79.9. The van der Waals surface area contributed by atoms with E-state index in [0.717, 1.165) is 47.1 Å². The topological polar surface area (TPSA) is 95.7 Å². The van der Waals surface area contributed by atoms with E-state index in [1.54, 1.807) is 13.3 Å². The highest BCUT2D eigenvalue weighted by molar-refractivity contribution is 9.10. The Kier molecular flexibility index (Phi) is 7.05. The van der Waals surface area contributed by atoms with Crippen LogP contribution in [0.3, 0.4) is 0 Å². The fourth-order valence-electron chi connectivity index (χ4n) is 4.24. The molecule has 4 rings (SSSR count). The molecule has 0 aliphatic carbocycles. The number of halogens is 1. The number of anilines is 6. The summed E-state index contributed by atoms with van der Waals surface area (Å²) in [4.78, 5) is 20.4. The number of pyridine rings is 1. The van der Waals surface area contributed by atoms with Gasteiger partial charge < -0.3 is 30.5 Å². The van der Waals surface area contributed by atoms with Gasteiger partial charge in [-0.05, 0) is 54.3 Å². The monoisotopic (exact) mass is 540 g/mol. The van der Waals surface area contributed by atoms with E-state index in [4.69, 9.17) is 20.4 Å². The second-order valence-electron chi connectivity index (χ2n) is 9.67. The first-order chi connectivity index (χ1) is 16.6. The minimum absolute atomic E-state index is 0.107. The van der Waals surface area contributed by atoms with E-state index in [2.05, 4.69) is 74.9 Å². The number of hydrogen-bond acceptors (Lipinski definition) is 9. The normalized spacial score (nSPS) is 14.2. The third kappa shape index (κ3) is 5.28. The highest BCUT2D eigenvalue weighted by Gasteiger charge is 2.38. The average Bonchev–Trinajstić information content (AvgIpc) is 3.08. The maximum Gasteiger partial charge on any atom is 0.229 e. The first kappa shape index (κ1) is 25.0. The first-order valence-corrected chi connectivity index (χ1v) is 12.3. The summed E-state index contributed by atoms with van der Waals surface area (Å²) in [5.74, 6) is 1.93. The zero-order chi connectivity index (χ0) is 25.3. The second-order valence-corrected chi connectivity index (χ2v) is 10.5. The number of nitrogens with zero attached hydrogens (tertiary/aromatic N) is 6. The van der Waals surface area contributed by atoms with Crippen LogP contribution in [0.4, 0.5) is 34.5 Å². The zero-order valence-corrected chi connectivity index (χ0v) is 22.7. The van der Waals surface area contributed by atoms with Crippen LogP contribution < -0.4 is 25.6 Å². The van der Waals surface area contributed by atoms with Crippen LogP contribution in [0, 0.1) is 0 Å². The summed E-state index contributed by atoms with van der Waals surface area (Å²) in [6.45, 7) is 6.92. The van der Waals surface area contributed by atoms with Crippen molar-refractivity contribution in [1.82, 2.24) is 19.9 Å². The van der Waals surface area contributed by atoms with Crippen LogP contribution in [-0.2, 0) is 5.41 Å². The van der Waals surface area contributed by atoms with Crippen molar-refractivity contribution >= 4 is 50.4 Å². The average molecular weight is 541 g/mol. The van der Waals surface area contributed by atoms with Crippen molar-refractivity contribution in [3.63, 3.8) is 0 Å². The molecule has 3 aromatic rings. The molecule has 0 radical (unpaired) electrons. The summed E-state index contributed by atoms with van der Waals surface area (Å²) in [6.07, 6.45) is 1.75. The van der Waals surface area contributed by atoms with Crippen molar-refractivity contribution in [3.05, 3.63) is 46.8 Å². The van der Waals surface area contributed by atoms with Gasteiger partial charge in [-0.1, -0.05) is 13.8 Å². The minimum Gasteiger partial charge on any atom is -0.494 e. The smallest absolute Gasteiger partial charge is 0.229 e. The molecule has 1 aliphatic heterocycles. The van der Waals surface area contributed by atoms with Crippen LogP contribution in [0.5, 0.6) is 5.75 Å². The molecule has 0 saturated heterocycles. The molecule has 1 aliphatic rings. The van der Waals surface area contributed by atoms with E-state index in [-0.39, 0.29) is 5.41 Å². The Bertz CT molecular complexity index is 1220. The van der Waals surface area contributed by atoms with Crippen LogP contribution in [0.15, 0.2) is 41.1 Å². The van der Waals surface area contributed by atoms with Gasteiger partial charge in [0.1, 0.15) is 16.2 Å². The molecule has 3 heterocycles. The lowest BCUT2D eigenvalue weighted by Crippen LogP contribution is -2.29. The molecule has 1 aromatic carbocycles. The number of nitrogens with two attached hydrogens (primary N) is 1. The standard InChI is InChI=1S/C25H33BrN8O/c1-25(2)15-34(18-7-8-21(26)30-23(18)25)22-9-10-28-24(31-22)29-17-13-16(27)19(14-20(17)35-6)33(5)12-11-32(3)4/h7-10,13-14H,11-12,15,27H2,1-6H3,(H,28,29,31). The lowest BCUT2D eigenvalue weighted by atomic mass is 9.91. The van der Waals surface area contributed by atoms with Crippen molar-refractivity contribution in [1.29, 1.82) is 0 Å². The maximum absolute atomic E-state index is 6.42. The number of benzene rings is 1. The van der Waals surface area contributed by atoms with Crippen LogP contribution in [-0.4, -0.2) is 67.7 Å². The second kappa shape index (κ2) is 9.87. The van der Waals surface area contributed by atoms with Gasteiger partial charge in [-0.15, -0.1) is 0 Å². The number of rotatable bonds is 8. The number of aromatic nitrogens is 3. The Hall–Kier alpha value is -3.11. The van der Waals surface area contributed by atoms with Crippen molar-refractivity contribution < 1.29 is 4.74 Å². The highest BCUT2D eigenvalue weighted by Crippen LogP contribution is 2.43. The molecule has 0 unspecified atom stereocenters. The molecule has 186 valence electrons. The van der Waals surface area contributed by atoms with Crippen LogP contribution in [0.2, 0.25) is 0 Å². The molecule has 10 heteroatoms. The van der Waals surface area contributed by atoms with Crippen molar-refractivity contribution in [2.24, 2.45) is 0 Å². The number of hydrogen-bond donors (Lipinski definition) is 2. The molecule has 0 amide bonds. The maximum atomic E-state index is 6.42. The minimum atomic E-state index is -0.107. The molecular weight excluding hydrogens is 508 g/mol. The Morgan fingerprint density at radius 2 is 1.91 bits per heavy atom. The molecule has 2 aromatic heterocycles. The van der Waals surface area contributed by atoms with Gasteiger partial charge >= 0.3 is 0 Å². The van der Waals surface area contributed by atoms with E-state index < -0.39 is 0 Å². The summed E-state index contributed by atoms with van der Waals surface area (Å²) in [5, 5.41) is 3.29. The fourth-order valence-corrected chi connectivity index (χ4v) is 4.55. The van der Waals surface area contributed by atoms with Gasteiger partial charge in [0.15, 0.2) is 0 Å². The van der Waals surface area contributed by atoms with E-state index in [1.165, 1.54) is 0 Å². The van der Waals surface area contributed by atoms with E-state index in [1.807, 2.05) is 31.3 Å². The van der Waals surface area contributed by atoms with Gasteiger partial charge in [0.2, 0.25) is 5.95 Å². The van der Waals surface area contributed by atoms with Gasteiger partial charge in [0.05, 0.1) is 35.6 Å². The third-order valence-electron chi connectivity index (χ3n) is 6.13. The quantitative estimate of drug-likeness (QED) is 0.318. The van der Waals surface area contributed by atoms with Crippen LogP contribution in [0.25, 0.3) is 0 Å². The molecule has 0 fully saturated rings. The van der Waals surface area contributed by atoms with Crippen molar-refractivity contribution in [2.75, 3.05) is 68.7 Å². The summed E-state index contributed by atoms with van der Waals surface area (Å²) in [7, 11) is 7.77. The van der Waals surface area contributed by atoms with E-state index in [0.29, 0.717) is 23.1 Å². The summed E-state index contributed by atoms with van der Waals surface area (Å²) in [6, 6.07) is 9.75. The number of nitrogen functional groups attached to an aromatic ring is 1. The third-order valence-corrected chi connectivity index (χ3v) is 6.57. The molecule has 0 atom stereocenters. The van der Waals surface area contributed by atoms with Gasteiger partial charge in [0, 0.05) is 44.4 Å². The molecule has 35 heavy (non-hydrogen) atoms. The Morgan fingerprint density at radius 3 is 2.63 bits per heavy atom. The number of methoxy groups -OCH3 is 1. The Balaban J connectivity index is 1.61. The molecule has 0 bridgehead atoms. The zero-order valence-electron chi connectivity index (χ0n) is 21.1. The number of nitrogens with one attached hydrogen (secondary N) is 1. The van der Waals surface area contributed by atoms with Crippen LogP contribution >= 0.6 is 15.9 Å². The van der Waals surface area contributed by atoms with Crippen molar-refractivity contribution in [3.8, 4) is 5.75 Å². The van der Waals surface area contributed by atoms with E-state index in [9.17, 15) is 0 Å². The summed E-state index contributed by atoms with van der Waals surface area (Å²) >= 11 is 3.50. The predicted molar refractivity (Wildman–Crippen MR) is 147 cm³/mol. The lowest BCUT2D eigenvalue weighted by molar-refractivity contribution is 0.413. The molecule has 0 spiro atoms. The van der Waals surface area contributed by atoms with Gasteiger partial charge in [-0.2, -0.15) is 4.98 Å². The molecular formula is C25H33BrN8O. The molecule has 0 saturated carbocycles. The number of ether oxygens (including phenoxy) is 1. The first-order valence-electron chi connectivity index (χ1n) is 11.5. The van der Waals surface area contributed by atoms with Gasteiger partial charge in [-0.3, -0.25) is 0 Å². The SMILES string of the molecule is COc1cc(N(C)CCN(C)C)c(N)cc1Nc1nccc(N2CC(C)(C)c3nc(Br)ccc32)n1. The summed E-state index contributed by atoms with van der Waals surface area (Å²) in [5.41, 5.74) is 10.7.